The molecule has 0 N–H and O–H groups in total. The van der Waals surface area contributed by atoms with Gasteiger partial charge in [-0.05, 0) is 38.5 Å². The molecule has 2 atom stereocenters. The minimum Gasteiger partial charge on any atom is -0.466 e. The van der Waals surface area contributed by atoms with E-state index in [9.17, 15) is 19.2 Å². The lowest BCUT2D eigenvalue weighted by Crippen LogP contribution is -2.28. The Morgan fingerprint density at radius 3 is 1.35 bits per heavy atom. The maximum Gasteiger partial charge on any atom is 0.308 e. The lowest BCUT2D eigenvalue weighted by Gasteiger charge is -2.20. The van der Waals surface area contributed by atoms with Gasteiger partial charge in [-0.3, -0.25) is 19.2 Å². The van der Waals surface area contributed by atoms with Gasteiger partial charge < -0.3 is 18.9 Å². The predicted octanol–water partition coefficient (Wildman–Crippen LogP) is 10.6. The van der Waals surface area contributed by atoms with Crippen LogP contribution in [-0.4, -0.2) is 55.6 Å². The van der Waals surface area contributed by atoms with Crippen LogP contribution in [0.25, 0.3) is 0 Å². The molecule has 0 bridgehead atoms. The molecule has 0 fully saturated rings. The molecule has 9 heteroatoms. The second-order valence-electron chi connectivity index (χ2n) is 13.3. The number of unbranched alkanes of at least 4 members (excludes halogenated alkanes) is 15. The molecule has 0 aromatic rings. The summed E-state index contributed by atoms with van der Waals surface area (Å²) >= 11 is 3.32. The van der Waals surface area contributed by atoms with Gasteiger partial charge in [0.05, 0.1) is 18.4 Å². The smallest absolute Gasteiger partial charge is 0.308 e. The van der Waals surface area contributed by atoms with Crippen LogP contribution in [0, 0.1) is 11.8 Å². The van der Waals surface area contributed by atoms with Gasteiger partial charge in [0.1, 0.15) is 19.8 Å². The van der Waals surface area contributed by atoms with E-state index >= 15 is 0 Å². The molecule has 48 heavy (non-hydrogen) atoms. The highest BCUT2D eigenvalue weighted by Gasteiger charge is 2.23. The Bertz CT molecular complexity index is 790. The number of carbonyl (C=O) groups excluding carboxylic acids is 4. The number of hydrogen-bond donors (Lipinski definition) is 0. The number of halogens is 1. The maximum absolute atomic E-state index is 13.2. The van der Waals surface area contributed by atoms with Crippen molar-refractivity contribution in [1.82, 2.24) is 0 Å². The highest BCUT2D eigenvalue weighted by molar-refractivity contribution is 9.09. The van der Waals surface area contributed by atoms with Crippen molar-refractivity contribution in [2.45, 2.75) is 181 Å². The fourth-order valence-corrected chi connectivity index (χ4v) is 5.74. The highest BCUT2D eigenvalue weighted by atomic mass is 79.9. The van der Waals surface area contributed by atoms with Crippen molar-refractivity contribution < 1.29 is 38.1 Å². The van der Waals surface area contributed by atoms with Crippen LogP contribution in [0.2, 0.25) is 0 Å². The van der Waals surface area contributed by atoms with Crippen LogP contribution in [0.5, 0.6) is 0 Å². The molecule has 282 valence electrons. The molecule has 0 saturated heterocycles. The summed E-state index contributed by atoms with van der Waals surface area (Å²) in [5.41, 5.74) is 0. The first kappa shape index (κ1) is 46.4. The Balaban J connectivity index is 4.68. The highest BCUT2D eigenvalue weighted by Crippen LogP contribution is 2.21. The van der Waals surface area contributed by atoms with Gasteiger partial charge in [0.25, 0.3) is 0 Å². The normalized spacial score (nSPS) is 12.3. The number of esters is 4. The van der Waals surface area contributed by atoms with Gasteiger partial charge in [0, 0.05) is 24.6 Å². The molecule has 0 amide bonds. The molecule has 8 nitrogen and oxygen atoms in total. The largest absolute Gasteiger partial charge is 0.466 e. The molecule has 0 aromatic carbocycles. The molecule has 0 aliphatic rings. The Kier molecular flexibility index (Phi) is 34.0. The quantitative estimate of drug-likeness (QED) is 0.0273. The van der Waals surface area contributed by atoms with Crippen LogP contribution >= 0.6 is 15.9 Å². The third kappa shape index (κ3) is 30.4. The van der Waals surface area contributed by atoms with Crippen molar-refractivity contribution in [3.63, 3.8) is 0 Å². The van der Waals surface area contributed by atoms with Crippen molar-refractivity contribution in [1.29, 1.82) is 0 Å². The second-order valence-corrected chi connectivity index (χ2v) is 14.1. The average Bonchev–Trinajstić information content (AvgIpc) is 3.08. The van der Waals surface area contributed by atoms with E-state index < -0.39 is 5.92 Å². The van der Waals surface area contributed by atoms with E-state index in [1.807, 2.05) is 0 Å². The predicted molar refractivity (Wildman–Crippen MR) is 197 cm³/mol. The van der Waals surface area contributed by atoms with Crippen molar-refractivity contribution in [2.75, 3.05) is 31.8 Å². The standard InChI is InChI=1S/C39H71BrO8/c1-4-7-10-13-15-17-22-30-45-36(41)26-20-21-27-37(42)46-31-34(32-47-38(43)28-23-29-40)33-48-39(44)35(24-18-12-9-6-3)25-19-16-14-11-8-5-2/h34-35H,4-33H2,1-3H3. The first-order valence-electron chi connectivity index (χ1n) is 19.6. The van der Waals surface area contributed by atoms with Crippen molar-refractivity contribution in [2.24, 2.45) is 11.8 Å². The molecule has 2 unspecified atom stereocenters. The summed E-state index contributed by atoms with van der Waals surface area (Å²) in [4.78, 5) is 49.8. The topological polar surface area (TPSA) is 105 Å². The summed E-state index contributed by atoms with van der Waals surface area (Å²) in [6.07, 6.45) is 23.8. The molecule has 0 radical (unpaired) electrons. The van der Waals surface area contributed by atoms with Crippen molar-refractivity contribution in [3.05, 3.63) is 0 Å². The van der Waals surface area contributed by atoms with Gasteiger partial charge in [-0.2, -0.15) is 0 Å². The van der Waals surface area contributed by atoms with Gasteiger partial charge in [-0.15, -0.1) is 0 Å². The maximum atomic E-state index is 13.2. The summed E-state index contributed by atoms with van der Waals surface area (Å²) in [7, 11) is 0. The SMILES string of the molecule is CCCCCCCCCOC(=O)CCCCC(=O)OCC(COC(=O)CCCBr)COC(=O)C(CCCCCC)CCCCCCCC. The minimum absolute atomic E-state index is 0.00306. The number of ether oxygens (including phenoxy) is 4. The number of alkyl halides is 1. The zero-order valence-electron chi connectivity index (χ0n) is 31.0. The number of hydrogen-bond acceptors (Lipinski definition) is 8. The summed E-state index contributed by atoms with van der Waals surface area (Å²) < 4.78 is 22.0. The molecular formula is C39H71BrO8. The van der Waals surface area contributed by atoms with Gasteiger partial charge in [0.2, 0.25) is 0 Å². The molecule has 0 rings (SSSR count). The van der Waals surface area contributed by atoms with Gasteiger partial charge in [-0.25, -0.2) is 0 Å². The first-order valence-corrected chi connectivity index (χ1v) is 20.7. The second kappa shape index (κ2) is 35.2. The van der Waals surface area contributed by atoms with E-state index in [2.05, 4.69) is 36.7 Å². The van der Waals surface area contributed by atoms with Crippen LogP contribution in [0.1, 0.15) is 181 Å². The lowest BCUT2D eigenvalue weighted by atomic mass is 9.94. The molecular weight excluding hydrogens is 676 g/mol. The van der Waals surface area contributed by atoms with Gasteiger partial charge >= 0.3 is 23.9 Å². The van der Waals surface area contributed by atoms with Crippen LogP contribution in [0.3, 0.4) is 0 Å². The van der Waals surface area contributed by atoms with E-state index in [0.29, 0.717) is 31.2 Å². The van der Waals surface area contributed by atoms with E-state index in [4.69, 9.17) is 18.9 Å². The van der Waals surface area contributed by atoms with Crippen molar-refractivity contribution >= 4 is 39.8 Å². The monoisotopic (exact) mass is 746 g/mol. The Morgan fingerprint density at radius 2 is 0.854 bits per heavy atom. The van der Waals surface area contributed by atoms with Crippen LogP contribution < -0.4 is 0 Å². The fraction of sp³-hybridized carbons (Fsp3) is 0.897. The molecule has 0 aromatic heterocycles. The zero-order valence-corrected chi connectivity index (χ0v) is 32.6. The third-order valence-electron chi connectivity index (χ3n) is 8.60. The fourth-order valence-electron chi connectivity index (χ4n) is 5.46. The molecule has 0 heterocycles. The van der Waals surface area contributed by atoms with Crippen LogP contribution in [0.4, 0.5) is 0 Å². The van der Waals surface area contributed by atoms with E-state index in [1.165, 1.54) is 57.8 Å². The van der Waals surface area contributed by atoms with Crippen LogP contribution in [-0.2, 0) is 38.1 Å². The number of carbonyl (C=O) groups is 4. The van der Waals surface area contributed by atoms with E-state index in [-0.39, 0.29) is 68.9 Å². The summed E-state index contributed by atoms with van der Waals surface area (Å²) in [5, 5.41) is 0.704. The van der Waals surface area contributed by atoms with Gasteiger partial charge in [-0.1, -0.05) is 139 Å². The van der Waals surface area contributed by atoms with E-state index in [1.54, 1.807) is 0 Å². The van der Waals surface area contributed by atoms with Crippen molar-refractivity contribution in [3.8, 4) is 0 Å². The lowest BCUT2D eigenvalue weighted by molar-refractivity contribution is -0.156. The average molecular weight is 748 g/mol. The summed E-state index contributed by atoms with van der Waals surface area (Å²) in [6.45, 7) is 7.10. The molecule has 0 spiro atoms. The Labute approximate surface area is 302 Å². The Hall–Kier alpha value is -1.64. The summed E-state index contributed by atoms with van der Waals surface area (Å²) in [5.74, 6) is -1.72. The summed E-state index contributed by atoms with van der Waals surface area (Å²) in [6, 6.07) is 0. The minimum atomic E-state index is -0.442. The first-order chi connectivity index (χ1) is 23.4. The van der Waals surface area contributed by atoms with Crippen LogP contribution in [0.15, 0.2) is 0 Å². The Morgan fingerprint density at radius 1 is 0.458 bits per heavy atom. The molecule has 0 saturated carbocycles. The third-order valence-corrected chi connectivity index (χ3v) is 9.16. The molecule has 0 aliphatic heterocycles. The van der Waals surface area contributed by atoms with E-state index in [0.717, 1.165) is 64.2 Å². The zero-order chi connectivity index (χ0) is 35.5. The number of rotatable bonds is 35. The molecule has 0 aliphatic carbocycles. The van der Waals surface area contributed by atoms with Gasteiger partial charge in [0.15, 0.2) is 0 Å².